The summed E-state index contributed by atoms with van der Waals surface area (Å²) in [4.78, 5) is 10.3. The number of hydrogen-bond donors (Lipinski definition) is 0. The second-order valence-corrected chi connectivity index (χ2v) is 6.42. The minimum absolute atomic E-state index is 0.567. The zero-order valence-corrected chi connectivity index (χ0v) is 13.2. The first-order valence-electron chi connectivity index (χ1n) is 5.87. The summed E-state index contributed by atoms with van der Waals surface area (Å²) >= 11 is 11.1. The van der Waals surface area contributed by atoms with Gasteiger partial charge in [-0.3, -0.25) is 0 Å². The Kier molecular flexibility index (Phi) is 3.86. The summed E-state index contributed by atoms with van der Waals surface area (Å²) in [5.74, 6) is 1.56. The van der Waals surface area contributed by atoms with Crippen molar-refractivity contribution in [1.82, 2.24) is 14.5 Å². The molecule has 6 heteroatoms. The minimum Gasteiger partial charge on any atom is -0.307 e. The Balaban J connectivity index is 2.06. The van der Waals surface area contributed by atoms with Crippen LogP contribution in [0.3, 0.4) is 0 Å². The van der Waals surface area contributed by atoms with E-state index in [1.807, 2.05) is 12.1 Å². The number of halogens is 2. The predicted molar refractivity (Wildman–Crippen MR) is 83.1 cm³/mol. The van der Waals surface area contributed by atoms with Gasteiger partial charge in [0.1, 0.15) is 11.3 Å². The van der Waals surface area contributed by atoms with Crippen LogP contribution in [0, 0.1) is 0 Å². The molecule has 0 radical (unpaired) electrons. The molecule has 0 bridgehead atoms. The molecule has 0 unspecified atom stereocenters. The molecule has 19 heavy (non-hydrogen) atoms. The molecule has 0 aliphatic carbocycles. The van der Waals surface area contributed by atoms with E-state index < -0.39 is 0 Å². The van der Waals surface area contributed by atoms with Crippen LogP contribution in [0.4, 0.5) is 0 Å². The van der Waals surface area contributed by atoms with Gasteiger partial charge >= 0.3 is 0 Å². The van der Waals surface area contributed by atoms with E-state index in [2.05, 4.69) is 41.9 Å². The van der Waals surface area contributed by atoms with Gasteiger partial charge in [-0.15, -0.1) is 22.9 Å². The van der Waals surface area contributed by atoms with Crippen LogP contribution in [0.15, 0.2) is 34.2 Å². The van der Waals surface area contributed by atoms with Crippen LogP contribution in [0.1, 0.15) is 10.7 Å². The number of hydrogen-bond acceptors (Lipinski definition) is 3. The van der Waals surface area contributed by atoms with Crippen LogP contribution >= 0.6 is 38.9 Å². The minimum atomic E-state index is 0.567. The molecular weight excluding hydrogens is 346 g/mol. The Morgan fingerprint density at radius 1 is 1.42 bits per heavy atom. The number of fused-ring (bicyclic) bond motifs is 1. The van der Waals surface area contributed by atoms with Crippen molar-refractivity contribution in [3.63, 3.8) is 0 Å². The number of aryl methyl sites for hydroxylation is 1. The smallest absolute Gasteiger partial charge is 0.160 e. The van der Waals surface area contributed by atoms with Crippen molar-refractivity contribution < 1.29 is 0 Å². The predicted octanol–water partition coefficient (Wildman–Crippen LogP) is 4.08. The number of alkyl halides is 1. The molecule has 0 aliphatic rings. The highest BCUT2D eigenvalue weighted by Crippen LogP contribution is 2.23. The molecule has 0 N–H and O–H groups in total. The maximum atomic E-state index is 5.86. The molecule has 0 aromatic carbocycles. The first-order valence-corrected chi connectivity index (χ1v) is 8.07. The third-order valence-electron chi connectivity index (χ3n) is 2.84. The van der Waals surface area contributed by atoms with E-state index in [1.54, 1.807) is 17.5 Å². The van der Waals surface area contributed by atoms with Crippen LogP contribution in [0.5, 0.6) is 0 Å². The lowest BCUT2D eigenvalue weighted by Gasteiger charge is -2.05. The van der Waals surface area contributed by atoms with Gasteiger partial charge in [-0.25, -0.2) is 9.97 Å². The van der Waals surface area contributed by atoms with E-state index in [0.29, 0.717) is 5.88 Å². The number of pyridine rings is 1. The molecule has 3 nitrogen and oxygen atoms in total. The third kappa shape index (κ3) is 2.68. The van der Waals surface area contributed by atoms with Crippen molar-refractivity contribution in [3.05, 3.63) is 45.0 Å². The van der Waals surface area contributed by atoms with Gasteiger partial charge in [0, 0.05) is 33.2 Å². The van der Waals surface area contributed by atoms with Crippen molar-refractivity contribution in [2.24, 2.45) is 0 Å². The standard InChI is InChI=1S/C13H11BrClN3S/c14-9-6-10(19-8-9)7-18-12(3-4-15)17-11-2-1-5-16-13(11)18/h1-2,5-6,8H,3-4,7H2. The average molecular weight is 357 g/mol. The summed E-state index contributed by atoms with van der Waals surface area (Å²) in [7, 11) is 0. The lowest BCUT2D eigenvalue weighted by Crippen LogP contribution is -2.05. The van der Waals surface area contributed by atoms with Gasteiger partial charge < -0.3 is 4.57 Å². The van der Waals surface area contributed by atoms with E-state index in [0.717, 1.165) is 34.4 Å². The molecule has 0 atom stereocenters. The average Bonchev–Trinajstić information content (AvgIpc) is 2.96. The Hall–Kier alpha value is -0.910. The summed E-state index contributed by atoms with van der Waals surface area (Å²) in [6, 6.07) is 6.02. The number of nitrogens with zero attached hydrogens (tertiary/aromatic N) is 3. The van der Waals surface area contributed by atoms with E-state index in [-0.39, 0.29) is 0 Å². The molecule has 3 aromatic heterocycles. The zero-order chi connectivity index (χ0) is 13.2. The van der Waals surface area contributed by atoms with E-state index in [4.69, 9.17) is 11.6 Å². The first kappa shape index (κ1) is 13.1. The molecule has 3 aromatic rings. The number of thiophene rings is 1. The summed E-state index contributed by atoms with van der Waals surface area (Å²) in [6.07, 6.45) is 2.56. The molecular formula is C13H11BrClN3S. The number of aromatic nitrogens is 3. The molecule has 0 saturated heterocycles. The normalized spacial score (nSPS) is 11.3. The molecule has 3 heterocycles. The van der Waals surface area contributed by atoms with Crippen LogP contribution in [-0.4, -0.2) is 20.4 Å². The van der Waals surface area contributed by atoms with Gasteiger partial charge in [-0.05, 0) is 34.1 Å². The van der Waals surface area contributed by atoms with Gasteiger partial charge in [-0.1, -0.05) is 0 Å². The van der Waals surface area contributed by atoms with Gasteiger partial charge in [0.2, 0.25) is 0 Å². The van der Waals surface area contributed by atoms with Crippen molar-refractivity contribution in [2.45, 2.75) is 13.0 Å². The molecule has 0 spiro atoms. The Labute approximate surface area is 128 Å². The van der Waals surface area contributed by atoms with E-state index in [9.17, 15) is 0 Å². The molecule has 0 fully saturated rings. The largest absolute Gasteiger partial charge is 0.307 e. The Morgan fingerprint density at radius 2 is 2.32 bits per heavy atom. The lowest BCUT2D eigenvalue weighted by molar-refractivity contribution is 0.756. The fourth-order valence-electron chi connectivity index (χ4n) is 2.04. The van der Waals surface area contributed by atoms with E-state index >= 15 is 0 Å². The maximum Gasteiger partial charge on any atom is 0.160 e. The highest BCUT2D eigenvalue weighted by Gasteiger charge is 2.12. The molecule has 3 rings (SSSR count). The number of imidazole rings is 1. The topological polar surface area (TPSA) is 30.7 Å². The van der Waals surface area contributed by atoms with Crippen molar-refractivity contribution in [1.29, 1.82) is 0 Å². The Bertz CT molecular complexity index is 707. The fraction of sp³-hybridized carbons (Fsp3) is 0.231. The summed E-state index contributed by atoms with van der Waals surface area (Å²) < 4.78 is 3.26. The van der Waals surface area contributed by atoms with Gasteiger partial charge in [-0.2, -0.15) is 0 Å². The van der Waals surface area contributed by atoms with Crippen molar-refractivity contribution in [2.75, 3.05) is 5.88 Å². The quantitative estimate of drug-likeness (QED) is 0.659. The molecule has 0 saturated carbocycles. The van der Waals surface area contributed by atoms with Crippen LogP contribution in [-0.2, 0) is 13.0 Å². The number of rotatable bonds is 4. The summed E-state index contributed by atoms with van der Waals surface area (Å²) in [5, 5.41) is 2.09. The van der Waals surface area contributed by atoms with Gasteiger partial charge in [0.15, 0.2) is 5.65 Å². The fourth-order valence-corrected chi connectivity index (χ4v) is 3.65. The SMILES string of the molecule is ClCCc1nc2cccnc2n1Cc1cc(Br)cs1. The van der Waals surface area contributed by atoms with Crippen molar-refractivity contribution in [3.8, 4) is 0 Å². The second-order valence-electron chi connectivity index (χ2n) is 4.13. The summed E-state index contributed by atoms with van der Waals surface area (Å²) in [5.41, 5.74) is 1.85. The van der Waals surface area contributed by atoms with Crippen LogP contribution in [0.2, 0.25) is 0 Å². The van der Waals surface area contributed by atoms with E-state index in [1.165, 1.54) is 4.88 Å². The zero-order valence-electron chi connectivity index (χ0n) is 10.0. The second kappa shape index (κ2) is 5.61. The third-order valence-corrected chi connectivity index (χ3v) is 4.71. The maximum absolute atomic E-state index is 5.86. The van der Waals surface area contributed by atoms with Gasteiger partial charge in [0.25, 0.3) is 0 Å². The van der Waals surface area contributed by atoms with Gasteiger partial charge in [0.05, 0.1) is 6.54 Å². The first-order chi connectivity index (χ1) is 9.28. The molecule has 0 aliphatic heterocycles. The monoisotopic (exact) mass is 355 g/mol. The molecule has 0 amide bonds. The molecule has 98 valence electrons. The highest BCUT2D eigenvalue weighted by atomic mass is 79.9. The summed E-state index contributed by atoms with van der Waals surface area (Å²) in [6.45, 7) is 0.788. The highest BCUT2D eigenvalue weighted by molar-refractivity contribution is 9.10. The van der Waals surface area contributed by atoms with Crippen LogP contribution < -0.4 is 0 Å². The lowest BCUT2D eigenvalue weighted by atomic mass is 10.4. The van der Waals surface area contributed by atoms with Crippen LogP contribution in [0.25, 0.3) is 11.2 Å². The van der Waals surface area contributed by atoms with Crippen molar-refractivity contribution >= 4 is 50.0 Å². The Morgan fingerprint density at radius 3 is 3.05 bits per heavy atom.